The Kier molecular flexibility index (Phi) is 6.53. The lowest BCUT2D eigenvalue weighted by Gasteiger charge is -2.37. The number of likely N-dealkylation sites (tertiary alicyclic amines) is 1. The van der Waals surface area contributed by atoms with Gasteiger partial charge >= 0.3 is 6.18 Å². The van der Waals surface area contributed by atoms with Crippen LogP contribution in [0, 0.1) is 11.7 Å². The highest BCUT2D eigenvalue weighted by Crippen LogP contribution is 2.39. The van der Waals surface area contributed by atoms with Crippen LogP contribution in [0.2, 0.25) is 0 Å². The Morgan fingerprint density at radius 2 is 1.91 bits per heavy atom. The van der Waals surface area contributed by atoms with Crippen molar-refractivity contribution in [1.82, 2.24) is 14.5 Å². The van der Waals surface area contributed by atoms with E-state index in [2.05, 4.69) is 9.88 Å². The quantitative estimate of drug-likeness (QED) is 0.319. The number of benzene rings is 1. The molecule has 1 aliphatic heterocycles. The van der Waals surface area contributed by atoms with Crippen molar-refractivity contribution in [3.05, 3.63) is 60.2 Å². The first-order valence-corrected chi connectivity index (χ1v) is 12.0. The Hall–Kier alpha value is -2.94. The first-order chi connectivity index (χ1) is 16.8. The Balaban J connectivity index is 1.22. The molecule has 5 nitrogen and oxygen atoms in total. The Labute approximate surface area is 200 Å². The number of piperidine rings is 1. The standard InChI is InChI=1S/C26H27F4N3O2/c27-18-6-8-19(9-7-18)35-20-14-17-4-2-11-32(23(17)15-20)12-3-13-33-16-22(24(34)26(28,29)30)21-5-1-10-31-25(21)33/h1,5-10,16-17,20,23H,2-4,11-15H2. The van der Waals surface area contributed by atoms with Crippen LogP contribution in [0.4, 0.5) is 17.6 Å². The maximum atomic E-state index is 13.2. The highest BCUT2D eigenvalue weighted by Gasteiger charge is 2.42. The molecule has 0 radical (unpaired) electrons. The van der Waals surface area contributed by atoms with Crippen LogP contribution in [0.1, 0.15) is 42.5 Å². The van der Waals surface area contributed by atoms with Gasteiger partial charge in [-0.3, -0.25) is 9.69 Å². The summed E-state index contributed by atoms with van der Waals surface area (Å²) < 4.78 is 60.1. The fourth-order valence-corrected chi connectivity index (χ4v) is 5.68. The van der Waals surface area contributed by atoms with E-state index in [4.69, 9.17) is 4.74 Å². The molecule has 0 bridgehead atoms. The number of halogens is 4. The van der Waals surface area contributed by atoms with Gasteiger partial charge in [0, 0.05) is 43.3 Å². The maximum Gasteiger partial charge on any atom is 0.454 e. The predicted octanol–water partition coefficient (Wildman–Crippen LogP) is 5.63. The van der Waals surface area contributed by atoms with E-state index in [1.165, 1.54) is 36.7 Å². The van der Waals surface area contributed by atoms with Crippen molar-refractivity contribution in [2.75, 3.05) is 13.1 Å². The van der Waals surface area contributed by atoms with E-state index in [0.717, 1.165) is 45.2 Å². The summed E-state index contributed by atoms with van der Waals surface area (Å²) in [6.07, 6.45) is 2.82. The van der Waals surface area contributed by atoms with Gasteiger partial charge in [-0.25, -0.2) is 9.37 Å². The lowest BCUT2D eigenvalue weighted by atomic mass is 9.92. The van der Waals surface area contributed by atoms with E-state index in [0.29, 0.717) is 29.9 Å². The molecular weight excluding hydrogens is 462 g/mol. The molecule has 0 spiro atoms. The molecule has 9 heteroatoms. The molecule has 0 N–H and O–H groups in total. The van der Waals surface area contributed by atoms with Crippen molar-refractivity contribution < 1.29 is 27.1 Å². The fraction of sp³-hybridized carbons (Fsp3) is 0.462. The summed E-state index contributed by atoms with van der Waals surface area (Å²) in [5.41, 5.74) is 0.0421. The smallest absolute Gasteiger partial charge is 0.454 e. The van der Waals surface area contributed by atoms with Crippen molar-refractivity contribution in [3.63, 3.8) is 0 Å². The molecule has 2 fully saturated rings. The van der Waals surface area contributed by atoms with E-state index >= 15 is 0 Å². The average molecular weight is 490 g/mol. The zero-order valence-electron chi connectivity index (χ0n) is 19.2. The van der Waals surface area contributed by atoms with Crippen LogP contribution < -0.4 is 4.74 Å². The van der Waals surface area contributed by atoms with Gasteiger partial charge in [0.15, 0.2) is 0 Å². The van der Waals surface area contributed by atoms with Gasteiger partial charge in [-0.15, -0.1) is 0 Å². The van der Waals surface area contributed by atoms with Crippen LogP contribution in [0.25, 0.3) is 11.0 Å². The molecule has 1 aliphatic carbocycles. The van der Waals surface area contributed by atoms with Crippen molar-refractivity contribution in [2.45, 2.75) is 57.0 Å². The summed E-state index contributed by atoms with van der Waals surface area (Å²) in [7, 11) is 0. The van der Waals surface area contributed by atoms with Gasteiger partial charge in [0.1, 0.15) is 23.3 Å². The molecule has 1 aromatic carbocycles. The number of carbonyl (C=O) groups excluding carboxylic acids is 1. The van der Waals surface area contributed by atoms with Gasteiger partial charge in [-0.05, 0) is 74.5 Å². The van der Waals surface area contributed by atoms with Gasteiger partial charge in [-0.2, -0.15) is 13.2 Å². The molecular formula is C26H27F4N3O2. The minimum absolute atomic E-state index is 0.0876. The molecule has 35 heavy (non-hydrogen) atoms. The molecule has 2 aromatic heterocycles. The zero-order valence-corrected chi connectivity index (χ0v) is 19.2. The number of aryl methyl sites for hydroxylation is 1. The third-order valence-corrected chi connectivity index (χ3v) is 7.20. The van der Waals surface area contributed by atoms with Crippen molar-refractivity contribution in [1.29, 1.82) is 0 Å². The fourth-order valence-electron chi connectivity index (χ4n) is 5.68. The largest absolute Gasteiger partial charge is 0.490 e. The highest BCUT2D eigenvalue weighted by molar-refractivity contribution is 6.10. The second kappa shape index (κ2) is 9.60. The third kappa shape index (κ3) is 5.05. The second-order valence-corrected chi connectivity index (χ2v) is 9.46. The number of ketones is 1. The van der Waals surface area contributed by atoms with Crippen molar-refractivity contribution in [3.8, 4) is 5.75 Å². The highest BCUT2D eigenvalue weighted by atomic mass is 19.4. The molecule has 1 saturated carbocycles. The van der Waals surface area contributed by atoms with Crippen LogP contribution in [0.15, 0.2) is 48.8 Å². The molecule has 0 amide bonds. The number of aromatic nitrogens is 2. The molecule has 5 rings (SSSR count). The summed E-state index contributed by atoms with van der Waals surface area (Å²) in [4.78, 5) is 18.6. The molecule has 3 aromatic rings. The van der Waals surface area contributed by atoms with Gasteiger partial charge in [0.05, 0.1) is 5.56 Å². The molecule has 2 aliphatic rings. The maximum absolute atomic E-state index is 13.2. The lowest BCUT2D eigenvalue weighted by Crippen LogP contribution is -2.43. The number of rotatable bonds is 7. The second-order valence-electron chi connectivity index (χ2n) is 9.46. The van der Waals surface area contributed by atoms with E-state index in [-0.39, 0.29) is 22.9 Å². The minimum Gasteiger partial charge on any atom is -0.490 e. The summed E-state index contributed by atoms with van der Waals surface area (Å²) in [6, 6.07) is 9.56. The summed E-state index contributed by atoms with van der Waals surface area (Å²) in [6.45, 7) is 2.26. The first-order valence-electron chi connectivity index (χ1n) is 12.0. The van der Waals surface area contributed by atoms with Gasteiger partial charge in [-0.1, -0.05) is 0 Å². The van der Waals surface area contributed by atoms with Gasteiger partial charge < -0.3 is 9.30 Å². The van der Waals surface area contributed by atoms with Crippen LogP contribution in [-0.2, 0) is 6.54 Å². The van der Waals surface area contributed by atoms with Gasteiger partial charge in [0.2, 0.25) is 0 Å². The van der Waals surface area contributed by atoms with Crippen LogP contribution >= 0.6 is 0 Å². The molecule has 3 unspecified atom stereocenters. The van der Waals surface area contributed by atoms with E-state index in [1.54, 1.807) is 16.7 Å². The predicted molar refractivity (Wildman–Crippen MR) is 123 cm³/mol. The Morgan fingerprint density at radius 1 is 1.11 bits per heavy atom. The number of hydrogen-bond acceptors (Lipinski definition) is 4. The lowest BCUT2D eigenvalue weighted by molar-refractivity contribution is -0.0884. The number of hydrogen-bond donors (Lipinski definition) is 0. The number of Topliss-reactive ketones (excluding diaryl/α,β-unsaturated/α-hetero) is 1. The third-order valence-electron chi connectivity index (χ3n) is 7.20. The summed E-state index contributed by atoms with van der Waals surface area (Å²) in [5.74, 6) is -0.910. The van der Waals surface area contributed by atoms with Gasteiger partial charge in [0.25, 0.3) is 5.78 Å². The number of pyridine rings is 1. The number of alkyl halides is 3. The van der Waals surface area contributed by atoms with Crippen LogP contribution in [0.3, 0.4) is 0 Å². The molecule has 186 valence electrons. The molecule has 3 atom stereocenters. The van der Waals surface area contributed by atoms with Crippen LogP contribution in [-0.4, -0.2) is 51.6 Å². The Bertz CT molecular complexity index is 1190. The monoisotopic (exact) mass is 489 g/mol. The van der Waals surface area contributed by atoms with E-state index in [1.807, 2.05) is 0 Å². The van der Waals surface area contributed by atoms with Crippen molar-refractivity contribution >= 4 is 16.8 Å². The summed E-state index contributed by atoms with van der Waals surface area (Å²) in [5, 5.41) is 0.226. The number of carbonyl (C=O) groups is 1. The molecule has 3 heterocycles. The van der Waals surface area contributed by atoms with E-state index in [9.17, 15) is 22.4 Å². The SMILES string of the molecule is O=C(c1cn(CCCN2CCCC3CC(Oc4ccc(F)cc4)CC32)c2ncccc12)C(F)(F)F. The topological polar surface area (TPSA) is 47.4 Å². The average Bonchev–Trinajstić information content (AvgIpc) is 3.41. The number of nitrogens with zero attached hydrogens (tertiary/aromatic N) is 3. The normalized spacial score (nSPS) is 22.9. The zero-order chi connectivity index (χ0) is 24.6. The van der Waals surface area contributed by atoms with E-state index < -0.39 is 12.0 Å². The number of fused-ring (bicyclic) bond motifs is 2. The first kappa shape index (κ1) is 23.8. The summed E-state index contributed by atoms with van der Waals surface area (Å²) >= 11 is 0. The molecule has 1 saturated heterocycles. The minimum atomic E-state index is -4.92. The van der Waals surface area contributed by atoms with Crippen LogP contribution in [0.5, 0.6) is 5.75 Å². The Morgan fingerprint density at radius 3 is 2.69 bits per heavy atom. The van der Waals surface area contributed by atoms with Crippen molar-refractivity contribution in [2.24, 2.45) is 5.92 Å². The number of ether oxygens (including phenoxy) is 1.